The van der Waals surface area contributed by atoms with E-state index in [1.54, 1.807) is 12.4 Å². The lowest BCUT2D eigenvalue weighted by atomic mass is 9.79. The second-order valence-electron chi connectivity index (χ2n) is 7.08. The summed E-state index contributed by atoms with van der Waals surface area (Å²) in [6.07, 6.45) is 9.04. The highest BCUT2D eigenvalue weighted by Crippen LogP contribution is 2.31. The Labute approximate surface area is 138 Å². The van der Waals surface area contributed by atoms with Crippen molar-refractivity contribution < 1.29 is 0 Å². The van der Waals surface area contributed by atoms with Crippen molar-refractivity contribution in [2.75, 3.05) is 26.2 Å². The summed E-state index contributed by atoms with van der Waals surface area (Å²) in [7, 11) is 0. The first-order valence-electron chi connectivity index (χ1n) is 9.01. The predicted octanol–water partition coefficient (Wildman–Crippen LogP) is 2.84. The van der Waals surface area contributed by atoms with Gasteiger partial charge in [0.2, 0.25) is 0 Å². The summed E-state index contributed by atoms with van der Waals surface area (Å²) in [5.74, 6) is 1.92. The van der Waals surface area contributed by atoms with Gasteiger partial charge >= 0.3 is 0 Å². The molecule has 1 N–H and O–H groups in total. The molecule has 23 heavy (non-hydrogen) atoms. The third-order valence-corrected chi connectivity index (χ3v) is 5.62. The highest BCUT2D eigenvalue weighted by molar-refractivity contribution is 5.74. The molecule has 122 valence electrons. The lowest BCUT2D eigenvalue weighted by Crippen LogP contribution is -2.39. The molecule has 0 bridgehead atoms. The van der Waals surface area contributed by atoms with E-state index < -0.39 is 0 Å². The molecule has 0 radical (unpaired) electrons. The van der Waals surface area contributed by atoms with Gasteiger partial charge in [0.1, 0.15) is 0 Å². The molecule has 2 saturated heterocycles. The Morgan fingerprint density at radius 2 is 1.61 bits per heavy atom. The fourth-order valence-corrected chi connectivity index (χ4v) is 4.26. The number of likely N-dealkylation sites (tertiary alicyclic amines) is 1. The number of nitrogens with zero attached hydrogens (tertiary/aromatic N) is 3. The zero-order chi connectivity index (χ0) is 15.5. The maximum absolute atomic E-state index is 4.42. The summed E-state index contributed by atoms with van der Waals surface area (Å²) in [6.45, 7) is 5.98. The lowest BCUT2D eigenvalue weighted by Gasteiger charge is -2.37. The van der Waals surface area contributed by atoms with Gasteiger partial charge in [-0.1, -0.05) is 6.07 Å². The molecular formula is C19H26N4. The van der Waals surface area contributed by atoms with E-state index in [-0.39, 0.29) is 0 Å². The van der Waals surface area contributed by atoms with Crippen LogP contribution in [0.15, 0.2) is 30.6 Å². The molecule has 2 aliphatic heterocycles. The van der Waals surface area contributed by atoms with Crippen LogP contribution in [-0.4, -0.2) is 41.0 Å². The molecule has 4 heteroatoms. The number of rotatable bonds is 3. The molecule has 1 aromatic carbocycles. The Morgan fingerprint density at radius 1 is 0.913 bits per heavy atom. The molecule has 2 aromatic rings. The minimum Gasteiger partial charge on any atom is -0.317 e. The average Bonchev–Trinajstić information content (AvgIpc) is 2.63. The zero-order valence-electron chi connectivity index (χ0n) is 13.7. The summed E-state index contributed by atoms with van der Waals surface area (Å²) in [5.41, 5.74) is 3.36. The first-order chi connectivity index (χ1) is 11.4. The largest absolute Gasteiger partial charge is 0.317 e. The Bertz CT molecular complexity index is 643. The molecule has 1 aromatic heterocycles. The van der Waals surface area contributed by atoms with Gasteiger partial charge in [-0.05, 0) is 81.4 Å². The molecule has 0 atom stereocenters. The summed E-state index contributed by atoms with van der Waals surface area (Å²) in [6, 6.07) is 6.50. The topological polar surface area (TPSA) is 41.1 Å². The Kier molecular flexibility index (Phi) is 4.53. The molecule has 4 rings (SSSR count). The van der Waals surface area contributed by atoms with E-state index in [1.165, 1.54) is 57.4 Å². The van der Waals surface area contributed by atoms with Gasteiger partial charge in [0.05, 0.1) is 11.0 Å². The van der Waals surface area contributed by atoms with Gasteiger partial charge in [0.25, 0.3) is 0 Å². The molecule has 0 amide bonds. The molecule has 0 unspecified atom stereocenters. The van der Waals surface area contributed by atoms with Crippen LogP contribution in [0.3, 0.4) is 0 Å². The number of nitrogens with one attached hydrogen (secondary N) is 1. The van der Waals surface area contributed by atoms with Crippen molar-refractivity contribution in [2.45, 2.75) is 32.2 Å². The van der Waals surface area contributed by atoms with E-state index >= 15 is 0 Å². The van der Waals surface area contributed by atoms with E-state index in [0.717, 1.165) is 29.4 Å². The molecule has 3 heterocycles. The van der Waals surface area contributed by atoms with Crippen molar-refractivity contribution >= 4 is 11.0 Å². The third kappa shape index (κ3) is 3.54. The van der Waals surface area contributed by atoms with Crippen LogP contribution in [0.25, 0.3) is 11.0 Å². The van der Waals surface area contributed by atoms with Crippen LogP contribution in [0.2, 0.25) is 0 Å². The number of aromatic nitrogens is 2. The average molecular weight is 310 g/mol. The first-order valence-corrected chi connectivity index (χ1v) is 9.01. The van der Waals surface area contributed by atoms with Gasteiger partial charge < -0.3 is 5.32 Å². The molecule has 2 aliphatic rings. The number of piperidine rings is 2. The summed E-state index contributed by atoms with van der Waals surface area (Å²) in [5, 5.41) is 3.49. The van der Waals surface area contributed by atoms with Gasteiger partial charge in [-0.15, -0.1) is 0 Å². The van der Waals surface area contributed by atoms with Crippen LogP contribution >= 0.6 is 0 Å². The molecule has 2 fully saturated rings. The van der Waals surface area contributed by atoms with Gasteiger partial charge in [-0.2, -0.15) is 0 Å². The van der Waals surface area contributed by atoms with Crippen LogP contribution in [-0.2, 0) is 6.54 Å². The Balaban J connectivity index is 1.34. The van der Waals surface area contributed by atoms with Gasteiger partial charge in [0, 0.05) is 18.9 Å². The number of hydrogen-bond donors (Lipinski definition) is 1. The van der Waals surface area contributed by atoms with Gasteiger partial charge in [-0.25, -0.2) is 0 Å². The number of fused-ring (bicyclic) bond motifs is 1. The first kappa shape index (κ1) is 15.0. The minimum atomic E-state index is 0.954. The van der Waals surface area contributed by atoms with E-state index in [1.807, 2.05) is 0 Å². The monoisotopic (exact) mass is 310 g/mol. The maximum Gasteiger partial charge on any atom is 0.0890 e. The second-order valence-corrected chi connectivity index (χ2v) is 7.08. The van der Waals surface area contributed by atoms with Gasteiger partial charge in [0.15, 0.2) is 0 Å². The molecular weight excluding hydrogens is 284 g/mol. The van der Waals surface area contributed by atoms with E-state index in [0.29, 0.717) is 0 Å². The van der Waals surface area contributed by atoms with Gasteiger partial charge in [-0.3, -0.25) is 14.9 Å². The molecule has 0 saturated carbocycles. The minimum absolute atomic E-state index is 0.954. The van der Waals surface area contributed by atoms with Crippen molar-refractivity contribution in [3.63, 3.8) is 0 Å². The van der Waals surface area contributed by atoms with Crippen molar-refractivity contribution in [3.05, 3.63) is 36.2 Å². The molecule has 4 nitrogen and oxygen atoms in total. The Hall–Kier alpha value is -1.52. The molecule has 0 aliphatic carbocycles. The van der Waals surface area contributed by atoms with Crippen molar-refractivity contribution in [1.82, 2.24) is 20.2 Å². The van der Waals surface area contributed by atoms with E-state index in [2.05, 4.69) is 38.4 Å². The van der Waals surface area contributed by atoms with Crippen molar-refractivity contribution in [2.24, 2.45) is 11.8 Å². The van der Waals surface area contributed by atoms with Crippen LogP contribution in [0, 0.1) is 11.8 Å². The van der Waals surface area contributed by atoms with Crippen LogP contribution in [0.4, 0.5) is 0 Å². The smallest absolute Gasteiger partial charge is 0.0890 e. The normalized spacial score (nSPS) is 21.7. The standard InChI is InChI=1S/C19H26N4/c1-2-18-19(22-10-9-21-18)13-15(1)14-23-11-5-17(6-12-23)16-3-7-20-8-4-16/h1-2,9-10,13,16-17,20H,3-8,11-12,14H2. The highest BCUT2D eigenvalue weighted by Gasteiger charge is 2.27. The van der Waals surface area contributed by atoms with E-state index in [4.69, 9.17) is 0 Å². The van der Waals surface area contributed by atoms with E-state index in [9.17, 15) is 0 Å². The summed E-state index contributed by atoms with van der Waals surface area (Å²) >= 11 is 0. The zero-order valence-corrected chi connectivity index (χ0v) is 13.7. The third-order valence-electron chi connectivity index (χ3n) is 5.62. The van der Waals surface area contributed by atoms with Crippen molar-refractivity contribution in [1.29, 1.82) is 0 Å². The van der Waals surface area contributed by atoms with Crippen LogP contribution in [0.5, 0.6) is 0 Å². The summed E-state index contributed by atoms with van der Waals surface area (Å²) in [4.78, 5) is 11.4. The van der Waals surface area contributed by atoms with Crippen LogP contribution in [0.1, 0.15) is 31.2 Å². The molecule has 0 spiro atoms. The number of hydrogen-bond acceptors (Lipinski definition) is 4. The number of benzene rings is 1. The van der Waals surface area contributed by atoms with Crippen molar-refractivity contribution in [3.8, 4) is 0 Å². The van der Waals surface area contributed by atoms with Crippen LogP contribution < -0.4 is 5.32 Å². The summed E-state index contributed by atoms with van der Waals surface area (Å²) < 4.78 is 0. The maximum atomic E-state index is 4.42. The highest BCUT2D eigenvalue weighted by atomic mass is 15.1. The fourth-order valence-electron chi connectivity index (χ4n) is 4.26. The second kappa shape index (κ2) is 6.93. The fraction of sp³-hybridized carbons (Fsp3) is 0.579. The predicted molar refractivity (Wildman–Crippen MR) is 93.1 cm³/mol. The lowest BCUT2D eigenvalue weighted by molar-refractivity contribution is 0.126. The Morgan fingerprint density at radius 3 is 2.39 bits per heavy atom. The SMILES string of the molecule is c1cnc2cc(CN3CCC(C4CCNCC4)CC3)ccc2n1. The quantitative estimate of drug-likeness (QED) is 0.946.